The molecule has 0 spiro atoms. The van der Waals surface area contributed by atoms with Crippen LogP contribution in [0.3, 0.4) is 0 Å². The summed E-state index contributed by atoms with van der Waals surface area (Å²) in [6.07, 6.45) is 8.54. The van der Waals surface area contributed by atoms with Gasteiger partial charge in [0.2, 0.25) is 0 Å². The lowest BCUT2D eigenvalue weighted by atomic mass is 9.85. The molecule has 0 unspecified atom stereocenters. The normalized spacial score (nSPS) is 16.3. The smallest absolute Gasteiger partial charge is 0.146 e. The fourth-order valence-corrected chi connectivity index (χ4v) is 2.99. The third-order valence-corrected chi connectivity index (χ3v) is 4.18. The zero-order valence-electron chi connectivity index (χ0n) is 14.2. The van der Waals surface area contributed by atoms with E-state index in [2.05, 4.69) is 0 Å². The van der Waals surface area contributed by atoms with Crippen molar-refractivity contribution in [1.29, 1.82) is 0 Å². The van der Waals surface area contributed by atoms with E-state index < -0.39 is 0 Å². The van der Waals surface area contributed by atoms with Gasteiger partial charge in [0.25, 0.3) is 0 Å². The number of ketones is 1. The highest BCUT2D eigenvalue weighted by Crippen LogP contribution is 2.27. The molecule has 0 N–H and O–H groups in total. The maximum absolute atomic E-state index is 12.1. The number of carbonyl (C=O) groups excluding carboxylic acids is 1. The summed E-state index contributed by atoms with van der Waals surface area (Å²) in [4.78, 5) is 12.1. The van der Waals surface area contributed by atoms with Crippen molar-refractivity contribution >= 4 is 5.78 Å². The first-order valence-electron chi connectivity index (χ1n) is 8.41. The average molecular weight is 316 g/mol. The number of hydrogen-bond donors (Lipinski definition) is 0. The summed E-state index contributed by atoms with van der Waals surface area (Å²) in [6, 6.07) is 0. The minimum absolute atomic E-state index is 0.209. The summed E-state index contributed by atoms with van der Waals surface area (Å²) in [5.41, 5.74) is 0. The molecule has 0 atom stereocenters. The largest absolute Gasteiger partial charge is 0.359 e. The van der Waals surface area contributed by atoms with Crippen LogP contribution in [0.1, 0.15) is 51.4 Å². The second kappa shape index (κ2) is 13.0. The molecule has 5 nitrogen and oxygen atoms in total. The van der Waals surface area contributed by atoms with Crippen LogP contribution >= 0.6 is 0 Å². The lowest BCUT2D eigenvalue weighted by Gasteiger charge is -2.21. The maximum atomic E-state index is 12.1. The number of methoxy groups -OCH3 is 2. The molecule has 1 fully saturated rings. The Morgan fingerprint density at radius 3 is 2.14 bits per heavy atom. The number of ether oxygens (including phenoxy) is 4. The molecule has 0 aromatic rings. The molecule has 0 heterocycles. The first kappa shape index (κ1) is 19.6. The summed E-state index contributed by atoms with van der Waals surface area (Å²) in [5, 5.41) is 0. The fourth-order valence-electron chi connectivity index (χ4n) is 2.99. The maximum Gasteiger partial charge on any atom is 0.146 e. The zero-order chi connectivity index (χ0) is 16.0. The van der Waals surface area contributed by atoms with Crippen LogP contribution in [0.15, 0.2) is 0 Å². The highest BCUT2D eigenvalue weighted by atomic mass is 16.7. The van der Waals surface area contributed by atoms with Crippen LogP contribution in [0.2, 0.25) is 0 Å². The first-order valence-corrected chi connectivity index (χ1v) is 8.41. The molecular weight excluding hydrogens is 284 g/mol. The summed E-state index contributed by atoms with van der Waals surface area (Å²) in [5.74, 6) is 1.21. The lowest BCUT2D eigenvalue weighted by Crippen LogP contribution is -2.20. The molecular formula is C17H32O5. The zero-order valence-corrected chi connectivity index (χ0v) is 14.2. The molecule has 0 aliphatic heterocycles. The standard InChI is InChI=1S/C17H32O5/c1-19-13-21-11-16(12-22-14-20-2)8-9-17(18)10-15-6-4-3-5-7-15/h15-16H,3-14H2,1-2H3. The number of carbonyl (C=O) groups is 1. The predicted octanol–water partition coefficient (Wildman–Crippen LogP) is 3.16. The molecule has 130 valence electrons. The van der Waals surface area contributed by atoms with Gasteiger partial charge in [0.05, 0.1) is 13.2 Å². The average Bonchev–Trinajstić information content (AvgIpc) is 2.53. The van der Waals surface area contributed by atoms with E-state index in [1.165, 1.54) is 32.1 Å². The van der Waals surface area contributed by atoms with E-state index in [-0.39, 0.29) is 19.5 Å². The highest BCUT2D eigenvalue weighted by Gasteiger charge is 2.18. The number of hydrogen-bond acceptors (Lipinski definition) is 5. The van der Waals surface area contributed by atoms with Crippen molar-refractivity contribution in [2.24, 2.45) is 11.8 Å². The number of Topliss-reactive ketones (excluding diaryl/α,β-unsaturated/α-hetero) is 1. The van der Waals surface area contributed by atoms with Gasteiger partial charge >= 0.3 is 0 Å². The van der Waals surface area contributed by atoms with E-state index in [4.69, 9.17) is 18.9 Å². The van der Waals surface area contributed by atoms with Crippen molar-refractivity contribution in [3.05, 3.63) is 0 Å². The van der Waals surface area contributed by atoms with E-state index in [1.807, 2.05) is 0 Å². The Morgan fingerprint density at radius 1 is 1.00 bits per heavy atom. The summed E-state index contributed by atoms with van der Waals surface area (Å²) in [6.45, 7) is 1.65. The highest BCUT2D eigenvalue weighted by molar-refractivity contribution is 5.78. The summed E-state index contributed by atoms with van der Waals surface area (Å²) < 4.78 is 20.6. The topological polar surface area (TPSA) is 54.0 Å². The minimum atomic E-state index is 0.209. The van der Waals surface area contributed by atoms with Gasteiger partial charge in [0.1, 0.15) is 19.4 Å². The Labute approximate surface area is 134 Å². The van der Waals surface area contributed by atoms with E-state index >= 15 is 0 Å². The van der Waals surface area contributed by atoms with Crippen LogP contribution in [0, 0.1) is 11.8 Å². The van der Waals surface area contributed by atoms with Gasteiger partial charge < -0.3 is 18.9 Å². The Morgan fingerprint density at radius 2 is 1.59 bits per heavy atom. The van der Waals surface area contributed by atoms with Gasteiger partial charge in [-0.1, -0.05) is 32.1 Å². The van der Waals surface area contributed by atoms with Crippen molar-refractivity contribution < 1.29 is 23.7 Å². The monoisotopic (exact) mass is 316 g/mol. The Kier molecular flexibility index (Phi) is 11.6. The fraction of sp³-hybridized carbons (Fsp3) is 0.941. The Hall–Kier alpha value is -0.490. The third-order valence-electron chi connectivity index (χ3n) is 4.18. The molecule has 1 aliphatic carbocycles. The van der Waals surface area contributed by atoms with E-state index in [1.54, 1.807) is 14.2 Å². The Balaban J connectivity index is 2.21. The lowest BCUT2D eigenvalue weighted by molar-refractivity contribution is -0.121. The van der Waals surface area contributed by atoms with Crippen LogP contribution in [-0.4, -0.2) is 46.8 Å². The molecule has 1 aliphatic rings. The van der Waals surface area contributed by atoms with Gasteiger partial charge in [0.15, 0.2) is 0 Å². The van der Waals surface area contributed by atoms with E-state index in [9.17, 15) is 4.79 Å². The molecule has 0 amide bonds. The van der Waals surface area contributed by atoms with Crippen LogP contribution < -0.4 is 0 Å². The SMILES string of the molecule is COCOCC(CCC(=O)CC1CCCCC1)COCOC. The summed E-state index contributed by atoms with van der Waals surface area (Å²) in [7, 11) is 3.20. The number of rotatable bonds is 13. The molecule has 0 bridgehead atoms. The third kappa shape index (κ3) is 9.51. The van der Waals surface area contributed by atoms with Gasteiger partial charge in [-0.15, -0.1) is 0 Å². The van der Waals surface area contributed by atoms with Crippen molar-refractivity contribution in [3.63, 3.8) is 0 Å². The van der Waals surface area contributed by atoms with Crippen molar-refractivity contribution in [3.8, 4) is 0 Å². The van der Waals surface area contributed by atoms with Gasteiger partial charge in [-0.25, -0.2) is 0 Å². The summed E-state index contributed by atoms with van der Waals surface area (Å²) >= 11 is 0. The van der Waals surface area contributed by atoms with Crippen LogP contribution in [0.25, 0.3) is 0 Å². The van der Waals surface area contributed by atoms with E-state index in [0.29, 0.717) is 31.3 Å². The van der Waals surface area contributed by atoms with Crippen LogP contribution in [0.5, 0.6) is 0 Å². The molecule has 0 radical (unpaired) electrons. The molecule has 0 saturated heterocycles. The second-order valence-electron chi connectivity index (χ2n) is 6.21. The Bertz CT molecular complexity index is 266. The molecule has 1 saturated carbocycles. The van der Waals surface area contributed by atoms with Crippen molar-refractivity contribution in [2.75, 3.05) is 41.0 Å². The molecule has 5 heteroatoms. The molecule has 1 rings (SSSR count). The minimum Gasteiger partial charge on any atom is -0.359 e. The molecule has 22 heavy (non-hydrogen) atoms. The van der Waals surface area contributed by atoms with E-state index in [0.717, 1.165) is 12.8 Å². The molecule has 0 aromatic carbocycles. The van der Waals surface area contributed by atoms with Crippen LogP contribution in [-0.2, 0) is 23.7 Å². The first-order chi connectivity index (χ1) is 10.8. The van der Waals surface area contributed by atoms with Gasteiger partial charge in [-0.2, -0.15) is 0 Å². The molecule has 0 aromatic heterocycles. The van der Waals surface area contributed by atoms with Crippen molar-refractivity contribution in [1.82, 2.24) is 0 Å². The van der Waals surface area contributed by atoms with Gasteiger partial charge in [-0.3, -0.25) is 4.79 Å². The second-order valence-corrected chi connectivity index (χ2v) is 6.21. The van der Waals surface area contributed by atoms with Crippen LogP contribution in [0.4, 0.5) is 0 Å². The van der Waals surface area contributed by atoms with Crippen molar-refractivity contribution in [2.45, 2.75) is 51.4 Å². The predicted molar refractivity (Wildman–Crippen MR) is 84.6 cm³/mol. The van der Waals surface area contributed by atoms with Gasteiger partial charge in [0, 0.05) is 33.0 Å². The van der Waals surface area contributed by atoms with Gasteiger partial charge in [-0.05, 0) is 12.3 Å². The quantitative estimate of drug-likeness (QED) is 0.386.